The van der Waals surface area contributed by atoms with Gasteiger partial charge in [0.05, 0.1) is 0 Å². The molecule has 1 unspecified atom stereocenters. The molecule has 0 aromatic heterocycles. The Balaban J connectivity index is 0. The van der Waals surface area contributed by atoms with E-state index in [1.54, 1.807) is 0 Å². The Hall–Kier alpha value is -0.300. The lowest BCUT2D eigenvalue weighted by Crippen LogP contribution is -2.02. The molecule has 1 rings (SSSR count). The predicted molar refractivity (Wildman–Crippen MR) is 89.2 cm³/mol. The number of hydrogen-bond donors (Lipinski definition) is 0. The molecule has 0 radical (unpaired) electrons. The summed E-state index contributed by atoms with van der Waals surface area (Å²) in [5.74, 6) is 0.856. The fourth-order valence-corrected chi connectivity index (χ4v) is 2.30. The Morgan fingerprint density at radius 2 is 1.67 bits per heavy atom. The first-order chi connectivity index (χ1) is 8.76. The maximum Gasteiger partial charge on any atom is 0.0177 e. The molecule has 0 saturated carbocycles. The van der Waals surface area contributed by atoms with Crippen molar-refractivity contribution in [2.24, 2.45) is 5.92 Å². The molecule has 0 aliphatic carbocycles. The minimum Gasteiger partial charge on any atom is -0.0683 e. The lowest BCUT2D eigenvalue weighted by atomic mass is 9.93. The third-order valence-electron chi connectivity index (χ3n) is 2.69. The van der Waals surface area contributed by atoms with Crippen LogP contribution in [0.4, 0.5) is 0 Å². The Kier molecular flexibility index (Phi) is 16.4. The van der Waals surface area contributed by atoms with E-state index in [-0.39, 0.29) is 0 Å². The molecule has 0 amide bonds. The summed E-state index contributed by atoms with van der Waals surface area (Å²) in [6, 6.07) is 8.67. The zero-order valence-corrected chi connectivity index (χ0v) is 14.7. The Morgan fingerprint density at radius 1 is 1.06 bits per heavy atom. The minimum atomic E-state index is 0.856. The van der Waals surface area contributed by atoms with E-state index in [9.17, 15) is 0 Å². The van der Waals surface area contributed by atoms with Gasteiger partial charge in [-0.2, -0.15) is 0 Å². The second-order valence-electron chi connectivity index (χ2n) is 3.90. The van der Waals surface area contributed by atoms with Gasteiger partial charge in [0.25, 0.3) is 0 Å². The van der Waals surface area contributed by atoms with E-state index in [1.165, 1.54) is 35.7 Å². The second-order valence-corrected chi connectivity index (χ2v) is 4.81. The van der Waals surface area contributed by atoms with Crippen molar-refractivity contribution in [1.29, 1.82) is 0 Å². The van der Waals surface area contributed by atoms with Gasteiger partial charge in [-0.25, -0.2) is 0 Å². The van der Waals surface area contributed by atoms with Crippen molar-refractivity contribution in [1.82, 2.24) is 0 Å². The molecule has 0 spiro atoms. The van der Waals surface area contributed by atoms with Gasteiger partial charge in [-0.15, -0.1) is 0 Å². The van der Waals surface area contributed by atoms with Crippen molar-refractivity contribution >= 4 is 15.9 Å². The fourth-order valence-electron chi connectivity index (χ4n) is 1.86. The van der Waals surface area contributed by atoms with Crippen molar-refractivity contribution in [3.05, 3.63) is 34.3 Å². The molecule has 0 aliphatic heterocycles. The zero-order valence-electron chi connectivity index (χ0n) is 13.1. The molecule has 1 aromatic carbocycles. The normalized spacial score (nSPS) is 10.6. The highest BCUT2D eigenvalue weighted by Crippen LogP contribution is 2.19. The van der Waals surface area contributed by atoms with Crippen LogP contribution in [0.5, 0.6) is 0 Å². The summed E-state index contributed by atoms with van der Waals surface area (Å²) >= 11 is 3.51. The first-order valence-electron chi connectivity index (χ1n) is 7.50. The van der Waals surface area contributed by atoms with E-state index in [0.29, 0.717) is 0 Å². The lowest BCUT2D eigenvalue weighted by molar-refractivity contribution is 0.462. The highest BCUT2D eigenvalue weighted by Gasteiger charge is 2.06. The molecule has 0 aliphatic rings. The quantitative estimate of drug-likeness (QED) is 0.556. The predicted octanol–water partition coefficient (Wildman–Crippen LogP) is 6.87. The molecule has 18 heavy (non-hydrogen) atoms. The van der Waals surface area contributed by atoms with E-state index in [4.69, 9.17) is 0 Å². The van der Waals surface area contributed by atoms with Crippen molar-refractivity contribution in [3.63, 3.8) is 0 Å². The number of hydrogen-bond acceptors (Lipinski definition) is 0. The lowest BCUT2D eigenvalue weighted by Gasteiger charge is -2.13. The van der Waals surface area contributed by atoms with Gasteiger partial charge in [0.1, 0.15) is 0 Å². The second kappa shape index (κ2) is 14.8. The zero-order chi connectivity index (χ0) is 14.4. The standard InChI is InChI=1S/C13H19Br.2C2H6/c1-3-6-11(4-2)9-12-7-5-8-13(14)10-12;2*1-2/h5,7-8,10-11H,3-4,6,9H2,1-2H3;2*1-2H3. The average Bonchev–Trinajstić information content (AvgIpc) is 2.43. The summed E-state index contributed by atoms with van der Waals surface area (Å²) < 4.78 is 1.20. The van der Waals surface area contributed by atoms with Gasteiger partial charge in [-0.1, -0.05) is 88.9 Å². The summed E-state index contributed by atoms with van der Waals surface area (Å²) in [6.45, 7) is 12.6. The molecular formula is C17H31Br. The van der Waals surface area contributed by atoms with E-state index >= 15 is 0 Å². The number of halogens is 1. The smallest absolute Gasteiger partial charge is 0.0177 e. The molecular weight excluding hydrogens is 284 g/mol. The Bertz CT molecular complexity index is 268. The van der Waals surface area contributed by atoms with Crippen LogP contribution in [0.3, 0.4) is 0 Å². The van der Waals surface area contributed by atoms with Crippen molar-refractivity contribution in [2.45, 2.75) is 67.2 Å². The van der Waals surface area contributed by atoms with Crippen LogP contribution in [0.15, 0.2) is 28.7 Å². The highest BCUT2D eigenvalue weighted by atomic mass is 79.9. The average molecular weight is 315 g/mol. The summed E-state index contributed by atoms with van der Waals surface area (Å²) in [7, 11) is 0. The monoisotopic (exact) mass is 314 g/mol. The van der Waals surface area contributed by atoms with Gasteiger partial charge in [0, 0.05) is 4.47 Å². The van der Waals surface area contributed by atoms with Crippen molar-refractivity contribution in [2.75, 3.05) is 0 Å². The largest absolute Gasteiger partial charge is 0.0683 e. The fraction of sp³-hybridized carbons (Fsp3) is 0.647. The van der Waals surface area contributed by atoms with Gasteiger partial charge in [0.2, 0.25) is 0 Å². The van der Waals surface area contributed by atoms with Gasteiger partial charge in [0.15, 0.2) is 0 Å². The Labute approximate surface area is 123 Å². The molecule has 0 N–H and O–H groups in total. The maximum absolute atomic E-state index is 3.51. The van der Waals surface area contributed by atoms with Gasteiger partial charge < -0.3 is 0 Å². The van der Waals surface area contributed by atoms with Gasteiger partial charge in [-0.05, 0) is 30.0 Å². The summed E-state index contributed by atoms with van der Waals surface area (Å²) in [6.07, 6.45) is 5.17. The van der Waals surface area contributed by atoms with Crippen LogP contribution in [-0.2, 0) is 6.42 Å². The maximum atomic E-state index is 3.51. The van der Waals surface area contributed by atoms with E-state index < -0.39 is 0 Å². The van der Waals surface area contributed by atoms with E-state index in [0.717, 1.165) is 5.92 Å². The van der Waals surface area contributed by atoms with Crippen LogP contribution in [0.2, 0.25) is 0 Å². The van der Waals surface area contributed by atoms with E-state index in [2.05, 4.69) is 54.0 Å². The molecule has 0 saturated heterocycles. The van der Waals surface area contributed by atoms with Crippen molar-refractivity contribution in [3.8, 4) is 0 Å². The van der Waals surface area contributed by atoms with Crippen LogP contribution in [0.1, 0.15) is 66.4 Å². The third-order valence-corrected chi connectivity index (χ3v) is 3.18. The SMILES string of the molecule is CC.CC.CCCC(CC)Cc1cccc(Br)c1. The number of benzene rings is 1. The Morgan fingerprint density at radius 3 is 2.11 bits per heavy atom. The molecule has 0 nitrogen and oxygen atoms in total. The molecule has 0 heterocycles. The first kappa shape index (κ1) is 20.0. The number of rotatable bonds is 5. The molecule has 0 fully saturated rings. The highest BCUT2D eigenvalue weighted by molar-refractivity contribution is 9.10. The molecule has 1 heteroatoms. The topological polar surface area (TPSA) is 0 Å². The van der Waals surface area contributed by atoms with Crippen LogP contribution in [0.25, 0.3) is 0 Å². The molecule has 106 valence electrons. The van der Waals surface area contributed by atoms with Crippen molar-refractivity contribution < 1.29 is 0 Å². The van der Waals surface area contributed by atoms with E-state index in [1.807, 2.05) is 27.7 Å². The van der Waals surface area contributed by atoms with Crippen LogP contribution >= 0.6 is 15.9 Å². The molecule has 1 atom stereocenters. The van der Waals surface area contributed by atoms with Gasteiger partial charge >= 0.3 is 0 Å². The van der Waals surface area contributed by atoms with Crippen LogP contribution in [0, 0.1) is 5.92 Å². The summed E-state index contributed by atoms with van der Waals surface area (Å²) in [5, 5.41) is 0. The van der Waals surface area contributed by atoms with Crippen LogP contribution < -0.4 is 0 Å². The molecule has 1 aromatic rings. The summed E-state index contributed by atoms with van der Waals surface area (Å²) in [4.78, 5) is 0. The minimum absolute atomic E-state index is 0.856. The first-order valence-corrected chi connectivity index (χ1v) is 8.30. The van der Waals surface area contributed by atoms with Gasteiger partial charge in [-0.3, -0.25) is 0 Å². The van der Waals surface area contributed by atoms with Crippen LogP contribution in [-0.4, -0.2) is 0 Å². The molecule has 0 bridgehead atoms. The third kappa shape index (κ3) is 9.70. The summed E-state index contributed by atoms with van der Waals surface area (Å²) in [5.41, 5.74) is 1.46.